The van der Waals surface area contributed by atoms with E-state index in [-0.39, 0.29) is 6.61 Å². The third-order valence-corrected chi connectivity index (χ3v) is 4.40. The first-order valence-corrected chi connectivity index (χ1v) is 9.50. The summed E-state index contributed by atoms with van der Waals surface area (Å²) in [6.07, 6.45) is 1.38. The normalized spacial score (nSPS) is 10.9. The summed E-state index contributed by atoms with van der Waals surface area (Å²) in [4.78, 5) is 12.1. The second-order valence-electron chi connectivity index (χ2n) is 6.45. The fourth-order valence-corrected chi connectivity index (χ4v) is 2.91. The molecule has 30 heavy (non-hydrogen) atoms. The molecule has 0 saturated carbocycles. The lowest BCUT2D eigenvalue weighted by Crippen LogP contribution is -2.08. The van der Waals surface area contributed by atoms with Crippen molar-refractivity contribution in [1.82, 2.24) is 0 Å². The lowest BCUT2D eigenvalue weighted by Gasteiger charge is -2.13. The van der Waals surface area contributed by atoms with Crippen LogP contribution in [0.5, 0.6) is 11.5 Å². The molecule has 0 radical (unpaired) electrons. The molecule has 0 aromatic heterocycles. The molecule has 0 bridgehead atoms. The number of methoxy groups -OCH3 is 2. The van der Waals surface area contributed by atoms with Gasteiger partial charge in [-0.2, -0.15) is 0 Å². The summed E-state index contributed by atoms with van der Waals surface area (Å²) in [6, 6.07) is 24.9. The Morgan fingerprint density at radius 1 is 0.800 bits per heavy atom. The summed E-state index contributed by atoms with van der Waals surface area (Å²) >= 11 is 0. The van der Waals surface area contributed by atoms with Crippen LogP contribution in [0.4, 0.5) is 0 Å². The van der Waals surface area contributed by atoms with Gasteiger partial charge in [0.2, 0.25) is 0 Å². The van der Waals surface area contributed by atoms with Crippen LogP contribution < -0.4 is 9.47 Å². The number of hydrogen-bond donors (Lipinski definition) is 0. The highest BCUT2D eigenvalue weighted by molar-refractivity contribution is 6.16. The van der Waals surface area contributed by atoms with Crippen molar-refractivity contribution < 1.29 is 23.7 Å². The van der Waals surface area contributed by atoms with E-state index in [2.05, 4.69) is 0 Å². The average molecular weight is 404 g/mol. The lowest BCUT2D eigenvalue weighted by molar-refractivity contribution is -0.133. The van der Waals surface area contributed by atoms with Gasteiger partial charge in [-0.25, -0.2) is 4.79 Å². The molecule has 0 unspecified atom stereocenters. The molecule has 0 atom stereocenters. The molecule has 0 aliphatic rings. The van der Waals surface area contributed by atoms with Gasteiger partial charge in [-0.15, -0.1) is 0 Å². The van der Waals surface area contributed by atoms with Gasteiger partial charge < -0.3 is 18.9 Å². The zero-order chi connectivity index (χ0) is 21.2. The van der Waals surface area contributed by atoms with E-state index in [1.807, 2.05) is 78.9 Å². The Bertz CT molecular complexity index is 995. The van der Waals surface area contributed by atoms with Crippen LogP contribution in [0, 0.1) is 0 Å². The maximum absolute atomic E-state index is 12.1. The molecule has 0 fully saturated rings. The van der Waals surface area contributed by atoms with Crippen LogP contribution in [0.15, 0.2) is 85.1 Å². The number of ether oxygens (including phenoxy) is 4. The minimum Gasteiger partial charge on any atom is -0.503 e. The van der Waals surface area contributed by atoms with Crippen LogP contribution in [0.1, 0.15) is 16.7 Å². The number of esters is 1. The van der Waals surface area contributed by atoms with Crippen LogP contribution in [-0.4, -0.2) is 20.2 Å². The standard InChI is InChI=1S/C25H24O5/c1-27-18-24(25(26)28-2)23-14-7-6-11-20(23)17-30-22-13-8-12-21(15-22)29-16-19-9-4-3-5-10-19/h3-15,18H,16-17H2,1-2H3. The molecule has 0 saturated heterocycles. The van der Waals surface area contributed by atoms with E-state index in [1.165, 1.54) is 20.5 Å². The van der Waals surface area contributed by atoms with Gasteiger partial charge in [-0.3, -0.25) is 0 Å². The molecule has 5 nitrogen and oxygen atoms in total. The molecule has 3 aromatic rings. The summed E-state index contributed by atoms with van der Waals surface area (Å²) in [5.41, 5.74) is 2.96. The molecule has 0 amide bonds. The van der Waals surface area contributed by atoms with Gasteiger partial charge in [-0.05, 0) is 28.8 Å². The Kier molecular flexibility index (Phi) is 7.50. The molecule has 0 aliphatic heterocycles. The van der Waals surface area contributed by atoms with Gasteiger partial charge in [0.05, 0.1) is 20.5 Å². The number of rotatable bonds is 9. The van der Waals surface area contributed by atoms with Gasteiger partial charge in [0.1, 0.15) is 30.3 Å². The first-order chi connectivity index (χ1) is 14.7. The van der Waals surface area contributed by atoms with Gasteiger partial charge in [0.15, 0.2) is 0 Å². The molecular weight excluding hydrogens is 380 g/mol. The second-order valence-corrected chi connectivity index (χ2v) is 6.45. The van der Waals surface area contributed by atoms with Crippen LogP contribution in [0.2, 0.25) is 0 Å². The van der Waals surface area contributed by atoms with Crippen molar-refractivity contribution in [1.29, 1.82) is 0 Å². The van der Waals surface area contributed by atoms with E-state index in [0.29, 0.717) is 23.5 Å². The van der Waals surface area contributed by atoms with Crippen molar-refractivity contribution in [2.45, 2.75) is 13.2 Å². The van der Waals surface area contributed by atoms with Crippen molar-refractivity contribution in [2.24, 2.45) is 0 Å². The van der Waals surface area contributed by atoms with Gasteiger partial charge >= 0.3 is 5.97 Å². The van der Waals surface area contributed by atoms with Crippen LogP contribution >= 0.6 is 0 Å². The fraction of sp³-hybridized carbons (Fsp3) is 0.160. The highest BCUT2D eigenvalue weighted by Crippen LogP contribution is 2.25. The van der Waals surface area contributed by atoms with E-state index in [0.717, 1.165) is 16.9 Å². The highest BCUT2D eigenvalue weighted by atomic mass is 16.5. The molecule has 5 heteroatoms. The molecule has 0 spiro atoms. The molecular formula is C25H24O5. The maximum atomic E-state index is 12.1. The Morgan fingerprint density at radius 2 is 1.47 bits per heavy atom. The van der Waals surface area contributed by atoms with Crippen molar-refractivity contribution in [3.63, 3.8) is 0 Å². The van der Waals surface area contributed by atoms with Crippen molar-refractivity contribution in [3.05, 3.63) is 102 Å². The van der Waals surface area contributed by atoms with Crippen molar-refractivity contribution >= 4 is 11.5 Å². The minimum atomic E-state index is -0.472. The number of carbonyl (C=O) groups excluding carboxylic acids is 1. The number of benzene rings is 3. The van der Waals surface area contributed by atoms with Crippen LogP contribution in [0.25, 0.3) is 5.57 Å². The van der Waals surface area contributed by atoms with E-state index < -0.39 is 5.97 Å². The summed E-state index contributed by atoms with van der Waals surface area (Å²) in [6.45, 7) is 0.758. The predicted octanol–water partition coefficient (Wildman–Crippen LogP) is 5.00. The monoisotopic (exact) mass is 404 g/mol. The Hall–Kier alpha value is -3.73. The molecule has 3 aromatic carbocycles. The van der Waals surface area contributed by atoms with Crippen LogP contribution in [-0.2, 0) is 27.5 Å². The predicted molar refractivity (Wildman–Crippen MR) is 115 cm³/mol. The quantitative estimate of drug-likeness (QED) is 0.285. The topological polar surface area (TPSA) is 54.0 Å². The molecule has 0 aliphatic carbocycles. The van der Waals surface area contributed by atoms with Gasteiger partial charge in [0.25, 0.3) is 0 Å². The molecule has 154 valence electrons. The molecule has 0 N–H and O–H groups in total. The second kappa shape index (κ2) is 10.7. The van der Waals surface area contributed by atoms with Gasteiger partial charge in [0, 0.05) is 6.07 Å². The Labute approximate surface area is 176 Å². The average Bonchev–Trinajstić information content (AvgIpc) is 2.80. The highest BCUT2D eigenvalue weighted by Gasteiger charge is 2.17. The Morgan fingerprint density at radius 3 is 2.17 bits per heavy atom. The Balaban J connectivity index is 1.70. The van der Waals surface area contributed by atoms with Crippen molar-refractivity contribution in [3.8, 4) is 11.5 Å². The van der Waals surface area contributed by atoms with E-state index >= 15 is 0 Å². The zero-order valence-electron chi connectivity index (χ0n) is 17.0. The van der Waals surface area contributed by atoms with E-state index in [9.17, 15) is 4.79 Å². The molecule has 0 heterocycles. The summed E-state index contributed by atoms with van der Waals surface area (Å²) in [7, 11) is 2.83. The third-order valence-electron chi connectivity index (χ3n) is 4.40. The fourth-order valence-electron chi connectivity index (χ4n) is 2.91. The smallest absolute Gasteiger partial charge is 0.341 e. The minimum absolute atomic E-state index is 0.274. The number of hydrogen-bond acceptors (Lipinski definition) is 5. The zero-order valence-corrected chi connectivity index (χ0v) is 17.0. The summed E-state index contributed by atoms with van der Waals surface area (Å²) < 4.78 is 21.8. The van der Waals surface area contributed by atoms with E-state index in [4.69, 9.17) is 18.9 Å². The lowest BCUT2D eigenvalue weighted by atomic mass is 10.0. The third kappa shape index (κ3) is 5.64. The largest absolute Gasteiger partial charge is 0.503 e. The van der Waals surface area contributed by atoms with Gasteiger partial charge in [-0.1, -0.05) is 60.7 Å². The number of carbonyl (C=O) groups is 1. The first kappa shape index (κ1) is 21.0. The summed E-state index contributed by atoms with van der Waals surface area (Å²) in [5.74, 6) is 0.922. The summed E-state index contributed by atoms with van der Waals surface area (Å²) in [5, 5.41) is 0. The van der Waals surface area contributed by atoms with E-state index in [1.54, 1.807) is 0 Å². The first-order valence-electron chi connectivity index (χ1n) is 9.50. The van der Waals surface area contributed by atoms with Crippen molar-refractivity contribution in [2.75, 3.05) is 14.2 Å². The maximum Gasteiger partial charge on any atom is 0.341 e. The SMILES string of the molecule is COC=C(C(=O)OC)c1ccccc1COc1cccc(OCc2ccccc2)c1. The molecule has 3 rings (SSSR count). The van der Waals surface area contributed by atoms with Crippen LogP contribution in [0.3, 0.4) is 0 Å².